The fraction of sp³-hybridized carbons (Fsp3) is 0.417. The van der Waals surface area contributed by atoms with Gasteiger partial charge < -0.3 is 5.32 Å². The van der Waals surface area contributed by atoms with Crippen LogP contribution in [-0.2, 0) is 10.0 Å². The molecule has 1 amide bonds. The van der Waals surface area contributed by atoms with Crippen molar-refractivity contribution in [3.63, 3.8) is 0 Å². The van der Waals surface area contributed by atoms with E-state index in [4.69, 9.17) is 5.14 Å². The Balaban J connectivity index is 3.19. The molecule has 5 nitrogen and oxygen atoms in total. The third-order valence-electron chi connectivity index (χ3n) is 2.13. The van der Waals surface area contributed by atoms with Crippen LogP contribution in [0.2, 0.25) is 0 Å². The van der Waals surface area contributed by atoms with Crippen molar-refractivity contribution in [3.05, 3.63) is 29.3 Å². The first-order valence-electron chi connectivity index (χ1n) is 5.46. The van der Waals surface area contributed by atoms with Crippen LogP contribution >= 0.6 is 0 Å². The van der Waals surface area contributed by atoms with Gasteiger partial charge in [-0.15, -0.1) is 0 Å². The number of nitrogens with two attached hydrogens (primary N) is 1. The summed E-state index contributed by atoms with van der Waals surface area (Å²) in [5, 5.41) is 7.83. The molecule has 0 aliphatic carbocycles. The van der Waals surface area contributed by atoms with Gasteiger partial charge in [0.25, 0.3) is 5.91 Å². The monoisotopic (exact) mass is 270 g/mol. The molecule has 0 saturated heterocycles. The maximum Gasteiger partial charge on any atom is 0.251 e. The van der Waals surface area contributed by atoms with Crippen molar-refractivity contribution in [2.24, 2.45) is 5.14 Å². The highest BCUT2D eigenvalue weighted by Crippen LogP contribution is 2.14. The van der Waals surface area contributed by atoms with Gasteiger partial charge in [0.05, 0.1) is 4.90 Å². The minimum Gasteiger partial charge on any atom is -0.347 e. The van der Waals surface area contributed by atoms with E-state index in [2.05, 4.69) is 5.32 Å². The van der Waals surface area contributed by atoms with Gasteiger partial charge in [-0.3, -0.25) is 4.79 Å². The Morgan fingerprint density at radius 2 is 1.78 bits per heavy atom. The molecule has 100 valence electrons. The van der Waals surface area contributed by atoms with E-state index in [1.165, 1.54) is 12.1 Å². The summed E-state index contributed by atoms with van der Waals surface area (Å²) in [6.07, 6.45) is 0. The molecule has 1 aromatic carbocycles. The molecule has 0 aliphatic rings. The Morgan fingerprint density at radius 3 is 2.22 bits per heavy atom. The highest BCUT2D eigenvalue weighted by molar-refractivity contribution is 7.89. The molecule has 0 radical (unpaired) electrons. The van der Waals surface area contributed by atoms with Crippen molar-refractivity contribution in [1.29, 1.82) is 0 Å². The summed E-state index contributed by atoms with van der Waals surface area (Å²) in [6, 6.07) is 4.34. The number of benzene rings is 1. The summed E-state index contributed by atoms with van der Waals surface area (Å²) in [7, 11) is -3.81. The van der Waals surface area contributed by atoms with Gasteiger partial charge in [0, 0.05) is 11.1 Å². The minimum atomic E-state index is -3.81. The lowest BCUT2D eigenvalue weighted by molar-refractivity contribution is 0.0919. The highest BCUT2D eigenvalue weighted by Gasteiger charge is 2.18. The standard InChI is InChI=1S/C12H18N2O3S/c1-8-5-9(11(15)14-12(2,3)4)7-10(6-8)18(13,16)17/h5-7H,1-4H3,(H,14,15)(H2,13,16,17). The van der Waals surface area contributed by atoms with Crippen LogP contribution in [0.1, 0.15) is 36.7 Å². The van der Waals surface area contributed by atoms with Crippen molar-refractivity contribution >= 4 is 15.9 Å². The topological polar surface area (TPSA) is 89.3 Å². The predicted octanol–water partition coefficient (Wildman–Crippen LogP) is 1.17. The van der Waals surface area contributed by atoms with Gasteiger partial charge in [-0.1, -0.05) is 0 Å². The van der Waals surface area contributed by atoms with Gasteiger partial charge in [-0.05, 0) is 51.5 Å². The molecule has 0 saturated carbocycles. The molecule has 1 rings (SSSR count). The van der Waals surface area contributed by atoms with E-state index in [9.17, 15) is 13.2 Å². The largest absolute Gasteiger partial charge is 0.347 e. The van der Waals surface area contributed by atoms with Gasteiger partial charge in [0.15, 0.2) is 0 Å². The number of carbonyl (C=O) groups excluding carboxylic acids is 1. The molecule has 0 spiro atoms. The third-order valence-corrected chi connectivity index (χ3v) is 3.02. The minimum absolute atomic E-state index is 0.0541. The van der Waals surface area contributed by atoms with E-state index in [1.807, 2.05) is 20.8 Å². The maximum atomic E-state index is 11.9. The number of amides is 1. The molecule has 0 unspecified atom stereocenters. The number of primary sulfonamides is 1. The second kappa shape index (κ2) is 4.70. The van der Waals surface area contributed by atoms with Crippen LogP contribution in [0.5, 0.6) is 0 Å². The van der Waals surface area contributed by atoms with E-state index in [0.717, 1.165) is 0 Å². The van der Waals surface area contributed by atoms with E-state index in [1.54, 1.807) is 13.0 Å². The predicted molar refractivity (Wildman–Crippen MR) is 69.8 cm³/mol. The lowest BCUT2D eigenvalue weighted by Gasteiger charge is -2.20. The van der Waals surface area contributed by atoms with Crippen LogP contribution in [0.4, 0.5) is 0 Å². The first kappa shape index (κ1) is 14.7. The van der Waals surface area contributed by atoms with Crippen LogP contribution in [-0.4, -0.2) is 19.9 Å². The van der Waals surface area contributed by atoms with E-state index < -0.39 is 10.0 Å². The van der Waals surface area contributed by atoms with E-state index >= 15 is 0 Å². The summed E-state index contributed by atoms with van der Waals surface area (Å²) >= 11 is 0. The lowest BCUT2D eigenvalue weighted by Crippen LogP contribution is -2.40. The summed E-state index contributed by atoms with van der Waals surface area (Å²) in [4.78, 5) is 11.9. The second-order valence-electron chi connectivity index (χ2n) is 5.28. The Hall–Kier alpha value is -1.40. The number of rotatable bonds is 2. The third kappa shape index (κ3) is 4.12. The zero-order chi connectivity index (χ0) is 14.1. The zero-order valence-electron chi connectivity index (χ0n) is 10.9. The molecule has 18 heavy (non-hydrogen) atoms. The first-order valence-corrected chi connectivity index (χ1v) is 7.01. The number of hydrogen-bond acceptors (Lipinski definition) is 3. The van der Waals surface area contributed by atoms with Crippen molar-refractivity contribution in [3.8, 4) is 0 Å². The molecule has 0 atom stereocenters. The molecule has 0 fully saturated rings. The van der Waals surface area contributed by atoms with Gasteiger partial charge in [0.2, 0.25) is 10.0 Å². The molecule has 0 aromatic heterocycles. The number of carbonyl (C=O) groups is 1. The maximum absolute atomic E-state index is 11.9. The van der Waals surface area contributed by atoms with Crippen LogP contribution in [0, 0.1) is 6.92 Å². The zero-order valence-corrected chi connectivity index (χ0v) is 11.8. The fourth-order valence-corrected chi connectivity index (χ4v) is 2.10. The summed E-state index contributed by atoms with van der Waals surface area (Å²) in [5.74, 6) is -0.323. The van der Waals surface area contributed by atoms with Crippen LogP contribution in [0.25, 0.3) is 0 Å². The number of nitrogens with one attached hydrogen (secondary N) is 1. The Labute approximate surface area is 107 Å². The summed E-state index contributed by atoms with van der Waals surface area (Å²) < 4.78 is 22.6. The van der Waals surface area contributed by atoms with Crippen molar-refractivity contribution in [2.45, 2.75) is 38.1 Å². The molecule has 0 bridgehead atoms. The average molecular weight is 270 g/mol. The van der Waals surface area contributed by atoms with Gasteiger partial charge in [-0.25, -0.2) is 13.6 Å². The van der Waals surface area contributed by atoms with Crippen LogP contribution in [0.3, 0.4) is 0 Å². The quantitative estimate of drug-likeness (QED) is 0.845. The molecule has 3 N–H and O–H groups in total. The average Bonchev–Trinajstić information content (AvgIpc) is 2.12. The fourth-order valence-electron chi connectivity index (χ4n) is 1.46. The lowest BCUT2D eigenvalue weighted by atomic mass is 10.1. The van der Waals surface area contributed by atoms with Crippen molar-refractivity contribution in [2.75, 3.05) is 0 Å². The van der Waals surface area contributed by atoms with Gasteiger partial charge in [0.1, 0.15) is 0 Å². The Morgan fingerprint density at radius 1 is 1.22 bits per heavy atom. The smallest absolute Gasteiger partial charge is 0.251 e. The Kier molecular flexibility index (Phi) is 3.83. The summed E-state index contributed by atoms with van der Waals surface area (Å²) in [6.45, 7) is 7.26. The molecule has 0 aliphatic heterocycles. The highest BCUT2D eigenvalue weighted by atomic mass is 32.2. The van der Waals surface area contributed by atoms with Crippen molar-refractivity contribution in [1.82, 2.24) is 5.32 Å². The van der Waals surface area contributed by atoms with E-state index in [0.29, 0.717) is 5.56 Å². The van der Waals surface area contributed by atoms with Crippen LogP contribution in [0.15, 0.2) is 23.1 Å². The molecule has 1 aromatic rings. The molecular formula is C12H18N2O3S. The van der Waals surface area contributed by atoms with Gasteiger partial charge in [-0.2, -0.15) is 0 Å². The first-order chi connectivity index (χ1) is 7.99. The number of sulfonamides is 1. The number of aryl methyl sites for hydroxylation is 1. The number of hydrogen-bond donors (Lipinski definition) is 2. The SMILES string of the molecule is Cc1cc(C(=O)NC(C)(C)C)cc(S(N)(=O)=O)c1. The molecule has 0 heterocycles. The summed E-state index contributed by atoms with van der Waals surface area (Å²) in [5.41, 5.74) is 0.567. The molecular weight excluding hydrogens is 252 g/mol. The van der Waals surface area contributed by atoms with Gasteiger partial charge >= 0.3 is 0 Å². The molecule has 6 heteroatoms. The van der Waals surface area contributed by atoms with Crippen LogP contribution < -0.4 is 10.5 Å². The normalized spacial score (nSPS) is 12.3. The van der Waals surface area contributed by atoms with Crippen molar-refractivity contribution < 1.29 is 13.2 Å². The van der Waals surface area contributed by atoms with E-state index in [-0.39, 0.29) is 21.9 Å². The Bertz CT molecular complexity index is 571. The second-order valence-corrected chi connectivity index (χ2v) is 6.85.